The van der Waals surface area contributed by atoms with E-state index in [-0.39, 0.29) is 5.78 Å². The van der Waals surface area contributed by atoms with Crippen molar-refractivity contribution >= 4 is 5.78 Å². The molecule has 0 saturated carbocycles. The van der Waals surface area contributed by atoms with Crippen molar-refractivity contribution in [2.24, 2.45) is 0 Å². The summed E-state index contributed by atoms with van der Waals surface area (Å²) in [6.45, 7) is 6.26. The molecule has 3 nitrogen and oxygen atoms in total. The maximum atomic E-state index is 11.0. The second-order valence-electron chi connectivity index (χ2n) is 5.01. The van der Waals surface area contributed by atoms with E-state index in [1.807, 2.05) is 0 Å². The molecule has 0 N–H and O–H groups in total. The maximum absolute atomic E-state index is 11.0. The number of Topliss-reactive ketones (excluding diaryl/α,β-unsaturated/α-hetero) is 1. The molecule has 0 spiro atoms. The van der Waals surface area contributed by atoms with Crippen LogP contribution >= 0.6 is 0 Å². The first-order valence-corrected chi connectivity index (χ1v) is 6.75. The monoisotopic (exact) mass is 246 g/mol. The topological polar surface area (TPSA) is 23.6 Å². The fourth-order valence-corrected chi connectivity index (χ4v) is 2.33. The van der Waals surface area contributed by atoms with Crippen molar-refractivity contribution in [2.45, 2.75) is 19.8 Å². The molecule has 0 unspecified atom stereocenters. The Morgan fingerprint density at radius 3 is 2.67 bits per heavy atom. The van der Waals surface area contributed by atoms with Gasteiger partial charge in [-0.15, -0.1) is 0 Å². The SMILES string of the molecule is CC(=O)CN1CCN(/C=C/C2=CCCC=C2)CC1. The molecule has 1 heterocycles. The van der Waals surface area contributed by atoms with Crippen LogP contribution < -0.4 is 0 Å². The zero-order chi connectivity index (χ0) is 12.8. The van der Waals surface area contributed by atoms with E-state index in [0.717, 1.165) is 32.6 Å². The highest BCUT2D eigenvalue weighted by molar-refractivity contribution is 5.77. The molecular weight excluding hydrogens is 224 g/mol. The van der Waals surface area contributed by atoms with Crippen molar-refractivity contribution in [3.05, 3.63) is 36.1 Å². The zero-order valence-corrected chi connectivity index (χ0v) is 11.1. The highest BCUT2D eigenvalue weighted by atomic mass is 16.1. The van der Waals surface area contributed by atoms with Gasteiger partial charge < -0.3 is 4.90 Å². The normalized spacial score (nSPS) is 21.4. The Hall–Kier alpha value is -1.35. The predicted octanol–water partition coefficient (Wildman–Crippen LogP) is 1.98. The summed E-state index contributed by atoms with van der Waals surface area (Å²) in [5.74, 6) is 0.261. The average molecular weight is 246 g/mol. The molecule has 2 aliphatic rings. The summed E-state index contributed by atoms with van der Waals surface area (Å²) in [5.41, 5.74) is 1.31. The highest BCUT2D eigenvalue weighted by Crippen LogP contribution is 2.11. The molecule has 0 bridgehead atoms. The summed E-state index contributed by atoms with van der Waals surface area (Å²) in [7, 11) is 0. The van der Waals surface area contributed by atoms with Gasteiger partial charge >= 0.3 is 0 Å². The molecule has 1 aliphatic heterocycles. The Morgan fingerprint density at radius 2 is 2.06 bits per heavy atom. The van der Waals surface area contributed by atoms with E-state index < -0.39 is 0 Å². The Morgan fingerprint density at radius 1 is 1.28 bits per heavy atom. The van der Waals surface area contributed by atoms with Crippen LogP contribution in [0.25, 0.3) is 0 Å². The van der Waals surface area contributed by atoms with Crippen LogP contribution in [-0.4, -0.2) is 48.3 Å². The van der Waals surface area contributed by atoms with Gasteiger partial charge in [-0.2, -0.15) is 0 Å². The van der Waals surface area contributed by atoms with Gasteiger partial charge in [0.15, 0.2) is 0 Å². The molecule has 0 radical (unpaired) electrons. The lowest BCUT2D eigenvalue weighted by Crippen LogP contribution is -2.45. The van der Waals surface area contributed by atoms with Gasteiger partial charge in [-0.3, -0.25) is 9.69 Å². The fraction of sp³-hybridized carbons (Fsp3) is 0.533. The third-order valence-electron chi connectivity index (χ3n) is 3.35. The van der Waals surface area contributed by atoms with E-state index >= 15 is 0 Å². The van der Waals surface area contributed by atoms with Crippen molar-refractivity contribution in [2.75, 3.05) is 32.7 Å². The number of carbonyl (C=O) groups is 1. The lowest BCUT2D eigenvalue weighted by atomic mass is 10.1. The number of ketones is 1. The summed E-state index contributed by atoms with van der Waals surface area (Å²) < 4.78 is 0. The number of piperazine rings is 1. The van der Waals surface area contributed by atoms with Crippen LogP contribution in [0.5, 0.6) is 0 Å². The zero-order valence-electron chi connectivity index (χ0n) is 11.1. The van der Waals surface area contributed by atoms with Gasteiger partial charge in [0.05, 0.1) is 6.54 Å². The number of nitrogens with zero attached hydrogens (tertiary/aromatic N) is 2. The first kappa shape index (κ1) is 13.1. The van der Waals surface area contributed by atoms with Crippen LogP contribution in [0.4, 0.5) is 0 Å². The van der Waals surface area contributed by atoms with Crippen LogP contribution in [-0.2, 0) is 4.79 Å². The molecule has 0 amide bonds. The minimum atomic E-state index is 0.261. The van der Waals surface area contributed by atoms with Gasteiger partial charge in [0, 0.05) is 26.2 Å². The summed E-state index contributed by atoms with van der Waals surface area (Å²) in [6.07, 6.45) is 13.4. The summed E-state index contributed by atoms with van der Waals surface area (Å²) in [4.78, 5) is 15.6. The number of allylic oxidation sites excluding steroid dienone is 5. The summed E-state index contributed by atoms with van der Waals surface area (Å²) in [5, 5.41) is 0. The lowest BCUT2D eigenvalue weighted by Gasteiger charge is -2.33. The van der Waals surface area contributed by atoms with Gasteiger partial charge in [-0.25, -0.2) is 0 Å². The Labute approximate surface area is 109 Å². The van der Waals surface area contributed by atoms with Crippen LogP contribution in [0.1, 0.15) is 19.8 Å². The van der Waals surface area contributed by atoms with Gasteiger partial charge in [0.2, 0.25) is 0 Å². The van der Waals surface area contributed by atoms with Crippen LogP contribution in [0.2, 0.25) is 0 Å². The first-order valence-electron chi connectivity index (χ1n) is 6.75. The summed E-state index contributed by atoms with van der Waals surface area (Å²) >= 11 is 0. The van der Waals surface area contributed by atoms with E-state index in [1.54, 1.807) is 6.92 Å². The highest BCUT2D eigenvalue weighted by Gasteiger charge is 2.15. The summed E-state index contributed by atoms with van der Waals surface area (Å²) in [6, 6.07) is 0. The largest absolute Gasteiger partial charge is 0.375 e. The molecule has 1 fully saturated rings. The number of rotatable bonds is 4. The van der Waals surface area contributed by atoms with E-state index in [9.17, 15) is 4.79 Å². The molecule has 98 valence electrons. The molecule has 1 saturated heterocycles. The molecular formula is C15H22N2O. The molecule has 0 aromatic heterocycles. The second-order valence-corrected chi connectivity index (χ2v) is 5.01. The van der Waals surface area contributed by atoms with Gasteiger partial charge in [-0.05, 0) is 37.6 Å². The molecule has 2 rings (SSSR count). The first-order chi connectivity index (χ1) is 8.74. The molecule has 3 heteroatoms. The van der Waals surface area contributed by atoms with Gasteiger partial charge in [0.25, 0.3) is 0 Å². The Bertz CT molecular complexity index is 374. The average Bonchev–Trinajstić information content (AvgIpc) is 2.38. The van der Waals surface area contributed by atoms with Crippen molar-refractivity contribution < 1.29 is 4.79 Å². The van der Waals surface area contributed by atoms with Crippen molar-refractivity contribution in [1.82, 2.24) is 9.80 Å². The molecule has 0 aromatic carbocycles. The van der Waals surface area contributed by atoms with E-state index in [0.29, 0.717) is 6.54 Å². The van der Waals surface area contributed by atoms with E-state index in [4.69, 9.17) is 0 Å². The molecule has 0 atom stereocenters. The predicted molar refractivity (Wildman–Crippen MR) is 74.3 cm³/mol. The quantitative estimate of drug-likeness (QED) is 0.758. The molecule has 18 heavy (non-hydrogen) atoms. The van der Waals surface area contributed by atoms with Crippen LogP contribution in [0.3, 0.4) is 0 Å². The van der Waals surface area contributed by atoms with E-state index in [2.05, 4.69) is 40.3 Å². The molecule has 1 aliphatic carbocycles. The fourth-order valence-electron chi connectivity index (χ4n) is 2.33. The number of hydrogen-bond donors (Lipinski definition) is 0. The lowest BCUT2D eigenvalue weighted by molar-refractivity contribution is -0.118. The van der Waals surface area contributed by atoms with Crippen molar-refractivity contribution in [3.63, 3.8) is 0 Å². The maximum Gasteiger partial charge on any atom is 0.143 e. The van der Waals surface area contributed by atoms with Crippen molar-refractivity contribution in [1.29, 1.82) is 0 Å². The van der Waals surface area contributed by atoms with Crippen LogP contribution in [0.15, 0.2) is 36.1 Å². The standard InChI is InChI=1S/C15H22N2O/c1-14(18)13-17-11-9-16(10-12-17)8-7-15-5-3-2-4-6-15/h3,5-8H,2,4,9-13H2,1H3/b8-7+. The number of carbonyl (C=O) groups excluding carboxylic acids is 1. The molecule has 0 aromatic rings. The minimum Gasteiger partial charge on any atom is -0.375 e. The van der Waals surface area contributed by atoms with Crippen LogP contribution in [0, 0.1) is 0 Å². The third-order valence-corrected chi connectivity index (χ3v) is 3.35. The number of hydrogen-bond acceptors (Lipinski definition) is 3. The van der Waals surface area contributed by atoms with Gasteiger partial charge in [-0.1, -0.05) is 18.2 Å². The van der Waals surface area contributed by atoms with Crippen molar-refractivity contribution in [3.8, 4) is 0 Å². The second kappa shape index (κ2) is 6.55. The van der Waals surface area contributed by atoms with Gasteiger partial charge in [0.1, 0.15) is 5.78 Å². The Balaban J connectivity index is 1.76. The smallest absolute Gasteiger partial charge is 0.143 e. The van der Waals surface area contributed by atoms with E-state index in [1.165, 1.54) is 12.0 Å². The Kier molecular flexibility index (Phi) is 4.76. The minimum absolute atomic E-state index is 0.261. The third kappa shape index (κ3) is 4.15.